The summed E-state index contributed by atoms with van der Waals surface area (Å²) in [5, 5.41) is 6.34. The van der Waals surface area contributed by atoms with Gasteiger partial charge in [-0.2, -0.15) is 0 Å². The second-order valence-corrected chi connectivity index (χ2v) is 9.03. The van der Waals surface area contributed by atoms with Gasteiger partial charge in [0.15, 0.2) is 0 Å². The molecule has 0 unspecified atom stereocenters. The summed E-state index contributed by atoms with van der Waals surface area (Å²) in [6, 6.07) is 14.5. The van der Waals surface area contributed by atoms with Crippen LogP contribution in [-0.4, -0.2) is 57.6 Å². The Labute approximate surface area is 181 Å². The number of hydrogen-bond donors (Lipinski definition) is 1. The molecule has 1 aliphatic rings. The molecule has 1 aliphatic heterocycles. The van der Waals surface area contributed by atoms with Gasteiger partial charge in [-0.15, -0.1) is 0 Å². The van der Waals surface area contributed by atoms with E-state index in [-0.39, 0.29) is 10.5 Å². The topological polar surface area (TPSA) is 106 Å². The molecule has 3 aromatic rings. The number of hydrogen-bond acceptors (Lipinski definition) is 7. The van der Waals surface area contributed by atoms with Crippen LogP contribution < -0.4 is 10.0 Å². The van der Waals surface area contributed by atoms with Gasteiger partial charge in [-0.1, -0.05) is 24.3 Å². The molecule has 2 aromatic carbocycles. The largest absolute Gasteiger partial charge is 0.465 e. The molecular weight excluding hydrogens is 416 g/mol. The second kappa shape index (κ2) is 8.62. The van der Waals surface area contributed by atoms with Crippen molar-refractivity contribution in [3.05, 3.63) is 65.9 Å². The van der Waals surface area contributed by atoms with E-state index in [4.69, 9.17) is 9.88 Å². The zero-order valence-electron chi connectivity index (χ0n) is 17.2. The van der Waals surface area contributed by atoms with E-state index >= 15 is 0 Å². The van der Waals surface area contributed by atoms with Gasteiger partial charge in [0.2, 0.25) is 10.0 Å². The van der Waals surface area contributed by atoms with Crippen LogP contribution in [0, 0.1) is 0 Å². The van der Waals surface area contributed by atoms with Crippen LogP contribution in [0.2, 0.25) is 0 Å². The first-order valence-corrected chi connectivity index (χ1v) is 11.5. The number of aromatic nitrogens is 1. The SMILES string of the molecule is COC(=O)c1cc(S(N)(=O)=O)ccc1N1CCN(Cc2cccc3cccnc23)CC1. The number of benzene rings is 2. The van der Waals surface area contributed by atoms with Crippen molar-refractivity contribution < 1.29 is 17.9 Å². The number of carbonyl (C=O) groups excluding carboxylic acids is 1. The van der Waals surface area contributed by atoms with E-state index in [0.29, 0.717) is 18.8 Å². The lowest BCUT2D eigenvalue weighted by molar-refractivity contribution is 0.0601. The first kappa shape index (κ1) is 21.2. The van der Waals surface area contributed by atoms with E-state index < -0.39 is 16.0 Å². The van der Waals surface area contributed by atoms with Crippen molar-refractivity contribution in [3.63, 3.8) is 0 Å². The van der Waals surface area contributed by atoms with Crippen LogP contribution >= 0.6 is 0 Å². The third-order valence-electron chi connectivity index (χ3n) is 5.53. The lowest BCUT2D eigenvalue weighted by Crippen LogP contribution is -2.46. The molecular formula is C22H24N4O4S. The second-order valence-electron chi connectivity index (χ2n) is 7.47. The van der Waals surface area contributed by atoms with Gasteiger partial charge in [0.25, 0.3) is 0 Å². The first-order chi connectivity index (χ1) is 14.9. The van der Waals surface area contributed by atoms with E-state index in [0.717, 1.165) is 30.5 Å². The third kappa shape index (κ3) is 4.53. The quantitative estimate of drug-likeness (QED) is 0.605. The van der Waals surface area contributed by atoms with Crippen LogP contribution in [0.3, 0.4) is 0 Å². The molecule has 1 fully saturated rings. The number of rotatable bonds is 5. The van der Waals surface area contributed by atoms with Gasteiger partial charge in [0.05, 0.1) is 28.8 Å². The zero-order valence-corrected chi connectivity index (χ0v) is 18.0. The van der Waals surface area contributed by atoms with Gasteiger partial charge in [-0.05, 0) is 29.8 Å². The Morgan fingerprint density at radius 2 is 1.84 bits per heavy atom. The Morgan fingerprint density at radius 1 is 1.10 bits per heavy atom. The van der Waals surface area contributed by atoms with Crippen LogP contribution in [-0.2, 0) is 21.3 Å². The number of piperazine rings is 1. The highest BCUT2D eigenvalue weighted by Crippen LogP contribution is 2.26. The van der Waals surface area contributed by atoms with E-state index in [1.807, 2.05) is 18.3 Å². The van der Waals surface area contributed by atoms with Crippen LogP contribution in [0.5, 0.6) is 0 Å². The van der Waals surface area contributed by atoms with Gasteiger partial charge >= 0.3 is 5.97 Å². The molecule has 31 heavy (non-hydrogen) atoms. The molecule has 0 spiro atoms. The maximum atomic E-state index is 12.3. The van der Waals surface area contributed by atoms with Crippen LogP contribution in [0.4, 0.5) is 5.69 Å². The fraction of sp³-hybridized carbons (Fsp3) is 0.273. The van der Waals surface area contributed by atoms with E-state index in [1.165, 1.54) is 24.8 Å². The lowest BCUT2D eigenvalue weighted by Gasteiger charge is -2.37. The Bertz CT molecular complexity index is 1220. The smallest absolute Gasteiger partial charge is 0.340 e. The molecule has 0 saturated carbocycles. The van der Waals surface area contributed by atoms with Gasteiger partial charge in [-0.3, -0.25) is 9.88 Å². The predicted molar refractivity (Wildman–Crippen MR) is 118 cm³/mol. The standard InChI is InChI=1S/C22H24N4O4S/c1-30-22(27)19-14-18(31(23,28)29)7-8-20(19)26-12-10-25(11-13-26)15-17-5-2-4-16-6-3-9-24-21(16)17/h2-9,14H,10-13,15H2,1H3,(H2,23,28,29). The summed E-state index contributed by atoms with van der Waals surface area (Å²) >= 11 is 0. The number of anilines is 1. The maximum Gasteiger partial charge on any atom is 0.340 e. The number of nitrogens with zero attached hydrogens (tertiary/aromatic N) is 3. The van der Waals surface area contributed by atoms with E-state index in [1.54, 1.807) is 6.07 Å². The summed E-state index contributed by atoms with van der Waals surface area (Å²) < 4.78 is 28.2. The highest BCUT2D eigenvalue weighted by Gasteiger charge is 2.24. The molecule has 0 aliphatic carbocycles. The molecule has 0 bridgehead atoms. The molecule has 9 heteroatoms. The highest BCUT2D eigenvalue weighted by molar-refractivity contribution is 7.89. The predicted octanol–water partition coefficient (Wildman–Crippen LogP) is 1.99. The zero-order chi connectivity index (χ0) is 22.0. The molecule has 0 amide bonds. The van der Waals surface area contributed by atoms with Crippen molar-refractivity contribution in [1.29, 1.82) is 0 Å². The molecule has 4 rings (SSSR count). The Balaban J connectivity index is 1.51. The van der Waals surface area contributed by atoms with Crippen molar-refractivity contribution >= 4 is 32.6 Å². The Morgan fingerprint density at radius 3 is 2.55 bits per heavy atom. The summed E-state index contributed by atoms with van der Waals surface area (Å²) in [7, 11) is -2.65. The Kier molecular flexibility index (Phi) is 5.90. The number of fused-ring (bicyclic) bond motifs is 1. The van der Waals surface area contributed by atoms with Crippen molar-refractivity contribution in [2.24, 2.45) is 5.14 Å². The highest BCUT2D eigenvalue weighted by atomic mass is 32.2. The van der Waals surface area contributed by atoms with Gasteiger partial charge < -0.3 is 9.64 Å². The molecule has 0 radical (unpaired) electrons. The number of sulfonamides is 1. The molecule has 162 valence electrons. The summed E-state index contributed by atoms with van der Waals surface area (Å²) in [5.74, 6) is -0.593. The molecule has 2 N–H and O–H groups in total. The fourth-order valence-electron chi connectivity index (χ4n) is 3.92. The number of esters is 1. The number of primary sulfonamides is 1. The van der Waals surface area contributed by atoms with Crippen molar-refractivity contribution in [2.75, 3.05) is 38.2 Å². The van der Waals surface area contributed by atoms with E-state index in [2.05, 4.69) is 33.0 Å². The number of methoxy groups -OCH3 is 1. The number of pyridine rings is 1. The summed E-state index contributed by atoms with van der Waals surface area (Å²) in [4.78, 5) is 21.1. The number of para-hydroxylation sites is 1. The molecule has 1 saturated heterocycles. The number of ether oxygens (including phenoxy) is 1. The van der Waals surface area contributed by atoms with Crippen molar-refractivity contribution in [3.8, 4) is 0 Å². The summed E-state index contributed by atoms with van der Waals surface area (Å²) in [5.41, 5.74) is 3.03. The summed E-state index contributed by atoms with van der Waals surface area (Å²) in [6.45, 7) is 3.76. The monoisotopic (exact) mass is 440 g/mol. The fourth-order valence-corrected chi connectivity index (χ4v) is 4.46. The van der Waals surface area contributed by atoms with Crippen LogP contribution in [0.15, 0.2) is 59.6 Å². The minimum absolute atomic E-state index is 0.112. The molecule has 2 heterocycles. The average Bonchev–Trinajstić information content (AvgIpc) is 2.78. The minimum atomic E-state index is -3.92. The van der Waals surface area contributed by atoms with E-state index in [9.17, 15) is 13.2 Å². The van der Waals surface area contributed by atoms with Gasteiger partial charge in [0.1, 0.15) is 0 Å². The van der Waals surface area contributed by atoms with Crippen LogP contribution in [0.1, 0.15) is 15.9 Å². The number of carbonyl (C=O) groups is 1. The minimum Gasteiger partial charge on any atom is -0.465 e. The molecule has 8 nitrogen and oxygen atoms in total. The lowest BCUT2D eigenvalue weighted by atomic mass is 10.1. The normalized spacial score (nSPS) is 15.2. The molecule has 1 aromatic heterocycles. The van der Waals surface area contributed by atoms with Gasteiger partial charge in [0, 0.05) is 44.3 Å². The number of nitrogens with two attached hydrogens (primary N) is 1. The van der Waals surface area contributed by atoms with Crippen LogP contribution in [0.25, 0.3) is 10.9 Å². The van der Waals surface area contributed by atoms with Crippen molar-refractivity contribution in [2.45, 2.75) is 11.4 Å². The maximum absolute atomic E-state index is 12.3. The Hall–Kier alpha value is -3.01. The van der Waals surface area contributed by atoms with Gasteiger partial charge in [-0.25, -0.2) is 18.4 Å². The average molecular weight is 441 g/mol. The van der Waals surface area contributed by atoms with Crippen molar-refractivity contribution in [1.82, 2.24) is 9.88 Å². The third-order valence-corrected chi connectivity index (χ3v) is 6.44. The first-order valence-electron chi connectivity index (χ1n) is 9.92. The summed E-state index contributed by atoms with van der Waals surface area (Å²) in [6.07, 6.45) is 1.81. The molecule has 0 atom stereocenters.